The number of carbonyl (C=O) groups is 1. The van der Waals surface area contributed by atoms with Crippen LogP contribution in [0.1, 0.15) is 12.5 Å². The summed E-state index contributed by atoms with van der Waals surface area (Å²) in [6.45, 7) is 3.61. The zero-order chi connectivity index (χ0) is 11.4. The number of methoxy groups -OCH3 is 1. The Balaban J connectivity index is 2.73. The van der Waals surface area contributed by atoms with Gasteiger partial charge in [-0.05, 0) is 37.6 Å². The monoisotopic (exact) mass is 272 g/mol. The molecule has 0 amide bonds. The maximum atomic E-state index is 11.1. The van der Waals surface area contributed by atoms with Gasteiger partial charge in [0.15, 0.2) is 6.10 Å². The van der Waals surface area contributed by atoms with Crippen molar-refractivity contribution in [1.29, 1.82) is 0 Å². The Bertz CT molecular complexity index is 363. The Labute approximate surface area is 97.5 Å². The first-order valence-corrected chi connectivity index (χ1v) is 5.34. The number of rotatable bonds is 3. The molecule has 1 atom stereocenters. The van der Waals surface area contributed by atoms with Gasteiger partial charge in [-0.25, -0.2) is 4.79 Å². The lowest BCUT2D eigenvalue weighted by Crippen LogP contribution is -2.24. The van der Waals surface area contributed by atoms with Crippen LogP contribution in [0.2, 0.25) is 0 Å². The molecule has 0 N–H and O–H groups in total. The number of esters is 1. The molecule has 0 heterocycles. The fourth-order valence-electron chi connectivity index (χ4n) is 1.11. The van der Waals surface area contributed by atoms with E-state index in [4.69, 9.17) is 4.74 Å². The molecule has 3 nitrogen and oxygen atoms in total. The summed E-state index contributed by atoms with van der Waals surface area (Å²) < 4.78 is 11.0. The van der Waals surface area contributed by atoms with Gasteiger partial charge in [-0.3, -0.25) is 0 Å². The van der Waals surface area contributed by atoms with Gasteiger partial charge < -0.3 is 9.47 Å². The van der Waals surface area contributed by atoms with Crippen molar-refractivity contribution >= 4 is 21.9 Å². The largest absolute Gasteiger partial charge is 0.479 e. The van der Waals surface area contributed by atoms with E-state index >= 15 is 0 Å². The van der Waals surface area contributed by atoms with Gasteiger partial charge in [-0.2, -0.15) is 0 Å². The van der Waals surface area contributed by atoms with E-state index in [-0.39, 0.29) is 5.97 Å². The molecular formula is C11H13BrO3. The van der Waals surface area contributed by atoms with Crippen LogP contribution in [0.25, 0.3) is 0 Å². The van der Waals surface area contributed by atoms with Gasteiger partial charge in [-0.15, -0.1) is 0 Å². The van der Waals surface area contributed by atoms with Crippen LogP contribution in [0, 0.1) is 6.92 Å². The second kappa shape index (κ2) is 5.16. The average Bonchev–Trinajstić information content (AvgIpc) is 2.22. The average molecular weight is 273 g/mol. The highest BCUT2D eigenvalue weighted by atomic mass is 79.9. The van der Waals surface area contributed by atoms with Crippen molar-refractivity contribution in [2.24, 2.45) is 0 Å². The molecule has 0 aliphatic carbocycles. The molecule has 0 spiro atoms. The molecule has 0 saturated heterocycles. The van der Waals surface area contributed by atoms with Crippen molar-refractivity contribution in [3.05, 3.63) is 28.2 Å². The fraction of sp³-hybridized carbons (Fsp3) is 0.364. The van der Waals surface area contributed by atoms with E-state index in [9.17, 15) is 4.79 Å². The minimum atomic E-state index is -0.587. The van der Waals surface area contributed by atoms with Gasteiger partial charge in [0.1, 0.15) is 5.75 Å². The van der Waals surface area contributed by atoms with E-state index in [1.807, 2.05) is 19.1 Å². The van der Waals surface area contributed by atoms with Crippen molar-refractivity contribution in [1.82, 2.24) is 0 Å². The highest BCUT2D eigenvalue weighted by Gasteiger charge is 2.14. The minimum Gasteiger partial charge on any atom is -0.479 e. The third-order valence-corrected chi connectivity index (χ3v) is 2.87. The van der Waals surface area contributed by atoms with E-state index in [2.05, 4.69) is 20.7 Å². The Kier molecular flexibility index (Phi) is 4.15. The molecule has 0 aliphatic heterocycles. The maximum absolute atomic E-state index is 11.1. The summed E-state index contributed by atoms with van der Waals surface area (Å²) in [6, 6.07) is 5.55. The normalized spacial score (nSPS) is 12.0. The number of carbonyl (C=O) groups excluding carboxylic acids is 1. The molecule has 1 rings (SSSR count). The minimum absolute atomic E-state index is 0.379. The lowest BCUT2D eigenvalue weighted by molar-refractivity contribution is -0.147. The number of hydrogen-bond acceptors (Lipinski definition) is 3. The van der Waals surface area contributed by atoms with E-state index in [1.54, 1.807) is 13.0 Å². The Morgan fingerprint density at radius 2 is 2.13 bits per heavy atom. The topological polar surface area (TPSA) is 35.5 Å². The molecule has 0 aliphatic rings. The second-order valence-electron chi connectivity index (χ2n) is 3.19. The summed E-state index contributed by atoms with van der Waals surface area (Å²) in [5.74, 6) is 0.282. The van der Waals surface area contributed by atoms with Crippen LogP contribution in [0.5, 0.6) is 5.75 Å². The molecule has 82 valence electrons. The van der Waals surface area contributed by atoms with Crippen LogP contribution in [0.4, 0.5) is 0 Å². The first kappa shape index (κ1) is 12.0. The smallest absolute Gasteiger partial charge is 0.346 e. The number of aryl methyl sites for hydroxylation is 1. The van der Waals surface area contributed by atoms with Crippen molar-refractivity contribution in [2.45, 2.75) is 20.0 Å². The zero-order valence-corrected chi connectivity index (χ0v) is 10.5. The van der Waals surface area contributed by atoms with Gasteiger partial charge in [0.05, 0.1) is 7.11 Å². The molecule has 0 saturated carbocycles. The molecule has 0 bridgehead atoms. The van der Waals surface area contributed by atoms with Crippen molar-refractivity contribution in [2.75, 3.05) is 7.11 Å². The molecule has 0 fully saturated rings. The molecule has 0 aromatic heterocycles. The highest BCUT2D eigenvalue weighted by molar-refractivity contribution is 9.10. The second-order valence-corrected chi connectivity index (χ2v) is 4.05. The van der Waals surface area contributed by atoms with Crippen LogP contribution in [-0.2, 0) is 9.53 Å². The third kappa shape index (κ3) is 3.23. The first-order valence-electron chi connectivity index (χ1n) is 4.55. The van der Waals surface area contributed by atoms with E-state index in [1.165, 1.54) is 7.11 Å². The molecular weight excluding hydrogens is 260 g/mol. The Morgan fingerprint density at radius 1 is 1.47 bits per heavy atom. The van der Waals surface area contributed by atoms with E-state index in [0.29, 0.717) is 5.75 Å². The Morgan fingerprint density at radius 3 is 2.67 bits per heavy atom. The lowest BCUT2D eigenvalue weighted by atomic mass is 10.2. The van der Waals surface area contributed by atoms with Crippen LogP contribution in [0.15, 0.2) is 22.7 Å². The molecule has 15 heavy (non-hydrogen) atoms. The van der Waals surface area contributed by atoms with Crippen LogP contribution in [-0.4, -0.2) is 19.2 Å². The van der Waals surface area contributed by atoms with Crippen LogP contribution < -0.4 is 4.74 Å². The molecule has 1 aromatic carbocycles. The molecule has 0 unspecified atom stereocenters. The summed E-state index contributed by atoms with van der Waals surface area (Å²) in [5, 5.41) is 0. The van der Waals surface area contributed by atoms with E-state index < -0.39 is 6.10 Å². The highest BCUT2D eigenvalue weighted by Crippen LogP contribution is 2.22. The fourth-order valence-corrected chi connectivity index (χ4v) is 1.36. The molecule has 1 aromatic rings. The summed E-state index contributed by atoms with van der Waals surface area (Å²) in [7, 11) is 1.34. The van der Waals surface area contributed by atoms with Crippen LogP contribution in [0.3, 0.4) is 0 Å². The van der Waals surface area contributed by atoms with E-state index in [0.717, 1.165) is 10.0 Å². The number of benzene rings is 1. The van der Waals surface area contributed by atoms with Gasteiger partial charge >= 0.3 is 5.97 Å². The van der Waals surface area contributed by atoms with Crippen molar-refractivity contribution in [3.8, 4) is 5.75 Å². The summed E-state index contributed by atoms with van der Waals surface area (Å²) in [5.41, 5.74) is 1.06. The summed E-state index contributed by atoms with van der Waals surface area (Å²) >= 11 is 3.39. The maximum Gasteiger partial charge on any atom is 0.346 e. The summed E-state index contributed by atoms with van der Waals surface area (Å²) in [6.07, 6.45) is -0.587. The number of ether oxygens (including phenoxy) is 2. The SMILES string of the molecule is COC(=O)[C@@H](C)Oc1ccc(Br)c(C)c1. The predicted octanol–water partition coefficient (Wildman–Crippen LogP) is 2.70. The van der Waals surface area contributed by atoms with Gasteiger partial charge in [0.25, 0.3) is 0 Å². The first-order chi connectivity index (χ1) is 7.04. The number of hydrogen-bond donors (Lipinski definition) is 0. The van der Waals surface area contributed by atoms with Crippen molar-refractivity contribution < 1.29 is 14.3 Å². The number of halogens is 1. The lowest BCUT2D eigenvalue weighted by Gasteiger charge is -2.13. The predicted molar refractivity (Wildman–Crippen MR) is 61.0 cm³/mol. The molecule has 4 heteroatoms. The standard InChI is InChI=1S/C11H13BrO3/c1-7-6-9(4-5-10(7)12)15-8(2)11(13)14-3/h4-6,8H,1-3H3/t8-/m1/s1. The molecule has 0 radical (unpaired) electrons. The van der Waals surface area contributed by atoms with Gasteiger partial charge in [0, 0.05) is 4.47 Å². The van der Waals surface area contributed by atoms with Gasteiger partial charge in [0.2, 0.25) is 0 Å². The zero-order valence-electron chi connectivity index (χ0n) is 8.91. The Hall–Kier alpha value is -1.03. The summed E-state index contributed by atoms with van der Waals surface area (Å²) in [4.78, 5) is 11.1. The third-order valence-electron chi connectivity index (χ3n) is 1.98. The van der Waals surface area contributed by atoms with Gasteiger partial charge in [-0.1, -0.05) is 15.9 Å². The van der Waals surface area contributed by atoms with Crippen LogP contribution >= 0.6 is 15.9 Å². The van der Waals surface area contributed by atoms with Crippen molar-refractivity contribution in [3.63, 3.8) is 0 Å². The quantitative estimate of drug-likeness (QED) is 0.794.